The highest BCUT2D eigenvalue weighted by Gasteiger charge is 2.14. The van der Waals surface area contributed by atoms with Crippen LogP contribution in [-0.4, -0.2) is 20.3 Å². The summed E-state index contributed by atoms with van der Waals surface area (Å²) in [5, 5.41) is 13.8. The van der Waals surface area contributed by atoms with Gasteiger partial charge in [0.2, 0.25) is 5.82 Å². The molecule has 0 saturated carbocycles. The lowest BCUT2D eigenvalue weighted by atomic mass is 10.1. The highest BCUT2D eigenvalue weighted by atomic mass is 35.5. The number of aromatic nitrogens is 4. The van der Waals surface area contributed by atoms with Crippen molar-refractivity contribution < 1.29 is 4.52 Å². The van der Waals surface area contributed by atoms with E-state index in [4.69, 9.17) is 16.1 Å². The summed E-state index contributed by atoms with van der Waals surface area (Å²) < 4.78 is 5.30. The summed E-state index contributed by atoms with van der Waals surface area (Å²) in [4.78, 5) is 5.35. The topological polar surface area (TPSA) is 67.6 Å². The summed E-state index contributed by atoms with van der Waals surface area (Å²) >= 11 is 7.46. The van der Waals surface area contributed by atoms with Gasteiger partial charge < -0.3 is 4.52 Å². The van der Waals surface area contributed by atoms with Gasteiger partial charge >= 0.3 is 0 Å². The van der Waals surface area contributed by atoms with Gasteiger partial charge in [0.1, 0.15) is 5.69 Å². The third-order valence-corrected chi connectivity index (χ3v) is 4.23. The van der Waals surface area contributed by atoms with E-state index in [1.807, 2.05) is 47.8 Å². The Morgan fingerprint density at radius 2 is 2.00 bits per heavy atom. The summed E-state index contributed by atoms with van der Waals surface area (Å²) in [5.74, 6) is 0.990. The monoisotopic (exact) mass is 328 g/mol. The number of hydrogen-bond acceptors (Lipinski definition) is 5. The van der Waals surface area contributed by atoms with Crippen LogP contribution in [0.4, 0.5) is 0 Å². The number of H-pyrrole nitrogens is 1. The van der Waals surface area contributed by atoms with E-state index in [-0.39, 0.29) is 0 Å². The molecule has 0 atom stereocenters. The average molecular weight is 329 g/mol. The fraction of sp³-hybridized carbons (Fsp3) is 0. The minimum atomic E-state index is 0.413. The van der Waals surface area contributed by atoms with Gasteiger partial charge in [-0.05, 0) is 29.6 Å². The van der Waals surface area contributed by atoms with Crippen LogP contribution in [0.25, 0.3) is 33.5 Å². The van der Waals surface area contributed by atoms with Crippen LogP contribution in [0.15, 0.2) is 52.4 Å². The van der Waals surface area contributed by atoms with E-state index in [0.29, 0.717) is 22.4 Å². The third-order valence-electron chi connectivity index (χ3n) is 3.12. The van der Waals surface area contributed by atoms with Crippen LogP contribution in [0.3, 0.4) is 0 Å². The fourth-order valence-corrected chi connectivity index (χ4v) is 2.81. The van der Waals surface area contributed by atoms with Gasteiger partial charge in [-0.15, -0.1) is 11.3 Å². The van der Waals surface area contributed by atoms with Crippen LogP contribution in [0, 0.1) is 0 Å². The highest BCUT2D eigenvalue weighted by molar-refractivity contribution is 7.13. The van der Waals surface area contributed by atoms with E-state index in [9.17, 15) is 0 Å². The maximum absolute atomic E-state index is 5.89. The van der Waals surface area contributed by atoms with Crippen molar-refractivity contribution in [1.82, 2.24) is 20.3 Å². The fourth-order valence-electron chi connectivity index (χ4n) is 2.04. The standard InChI is InChI=1S/C15H9ClN4OS/c16-10-5-3-9(4-6-10)11-8-12(19-18-11)15-17-14(20-21-15)13-2-1-7-22-13/h1-8H,(H,18,19). The van der Waals surface area contributed by atoms with Gasteiger partial charge in [-0.2, -0.15) is 10.1 Å². The first-order valence-electron chi connectivity index (χ1n) is 6.49. The first-order chi connectivity index (χ1) is 10.8. The van der Waals surface area contributed by atoms with Crippen molar-refractivity contribution in [1.29, 1.82) is 0 Å². The van der Waals surface area contributed by atoms with Crippen molar-refractivity contribution in [2.75, 3.05) is 0 Å². The molecule has 0 radical (unpaired) electrons. The lowest BCUT2D eigenvalue weighted by Crippen LogP contribution is -1.78. The molecule has 7 heteroatoms. The summed E-state index contributed by atoms with van der Waals surface area (Å²) in [6.45, 7) is 0. The molecule has 5 nitrogen and oxygen atoms in total. The quantitative estimate of drug-likeness (QED) is 0.601. The maximum Gasteiger partial charge on any atom is 0.276 e. The second-order valence-electron chi connectivity index (χ2n) is 4.57. The number of aromatic amines is 1. The number of thiophene rings is 1. The zero-order chi connectivity index (χ0) is 14.9. The molecule has 1 aromatic carbocycles. The largest absolute Gasteiger partial charge is 0.332 e. The number of nitrogens with one attached hydrogen (secondary N) is 1. The Morgan fingerprint density at radius 3 is 2.77 bits per heavy atom. The molecule has 0 amide bonds. The van der Waals surface area contributed by atoms with Crippen LogP contribution in [0.2, 0.25) is 5.02 Å². The Labute approximate surface area is 134 Å². The molecule has 0 aliphatic rings. The molecule has 22 heavy (non-hydrogen) atoms. The number of rotatable bonds is 3. The minimum Gasteiger partial charge on any atom is -0.332 e. The van der Waals surface area contributed by atoms with Crippen molar-refractivity contribution >= 4 is 22.9 Å². The number of halogens is 1. The van der Waals surface area contributed by atoms with Crippen LogP contribution in [-0.2, 0) is 0 Å². The zero-order valence-electron chi connectivity index (χ0n) is 11.2. The van der Waals surface area contributed by atoms with Crippen molar-refractivity contribution in [2.45, 2.75) is 0 Å². The molecule has 0 unspecified atom stereocenters. The van der Waals surface area contributed by atoms with E-state index in [0.717, 1.165) is 16.1 Å². The summed E-state index contributed by atoms with van der Waals surface area (Å²) in [5.41, 5.74) is 2.44. The van der Waals surface area contributed by atoms with Gasteiger partial charge in [0.25, 0.3) is 5.89 Å². The van der Waals surface area contributed by atoms with Gasteiger partial charge in [-0.3, -0.25) is 5.10 Å². The molecule has 0 saturated heterocycles. The van der Waals surface area contributed by atoms with Crippen LogP contribution < -0.4 is 0 Å². The molecular formula is C15H9ClN4OS. The Morgan fingerprint density at radius 1 is 1.14 bits per heavy atom. The van der Waals surface area contributed by atoms with Crippen molar-refractivity contribution in [3.05, 3.63) is 52.9 Å². The second-order valence-corrected chi connectivity index (χ2v) is 5.96. The summed E-state index contributed by atoms with van der Waals surface area (Å²) in [6, 6.07) is 13.2. The zero-order valence-corrected chi connectivity index (χ0v) is 12.7. The van der Waals surface area contributed by atoms with Gasteiger partial charge in [-0.25, -0.2) is 0 Å². The van der Waals surface area contributed by atoms with Gasteiger partial charge in [0, 0.05) is 10.6 Å². The summed E-state index contributed by atoms with van der Waals surface area (Å²) in [7, 11) is 0. The molecule has 3 aromatic heterocycles. The molecule has 4 aromatic rings. The van der Waals surface area contributed by atoms with Gasteiger partial charge in [-0.1, -0.05) is 35.0 Å². The molecular weight excluding hydrogens is 320 g/mol. The van der Waals surface area contributed by atoms with E-state index < -0.39 is 0 Å². The minimum absolute atomic E-state index is 0.413. The first-order valence-corrected chi connectivity index (χ1v) is 7.75. The predicted molar refractivity (Wildman–Crippen MR) is 85.6 cm³/mol. The molecule has 0 fully saturated rings. The van der Waals surface area contributed by atoms with Crippen molar-refractivity contribution in [2.24, 2.45) is 0 Å². The normalized spacial score (nSPS) is 11.0. The van der Waals surface area contributed by atoms with Crippen molar-refractivity contribution in [3.63, 3.8) is 0 Å². The Bertz CT molecular complexity index is 896. The predicted octanol–water partition coefficient (Wildman–Crippen LogP) is 4.51. The van der Waals surface area contributed by atoms with E-state index in [2.05, 4.69) is 20.3 Å². The lowest BCUT2D eigenvalue weighted by molar-refractivity contribution is 0.431. The SMILES string of the molecule is Clc1ccc(-c2cc(-c3nc(-c4cccs4)no3)[nH]n2)cc1. The lowest BCUT2D eigenvalue weighted by Gasteiger charge is -1.94. The molecule has 4 rings (SSSR count). The van der Waals surface area contributed by atoms with E-state index in [1.54, 1.807) is 11.3 Å². The number of nitrogens with zero attached hydrogens (tertiary/aromatic N) is 3. The van der Waals surface area contributed by atoms with Crippen molar-refractivity contribution in [3.8, 4) is 33.5 Å². The number of hydrogen-bond donors (Lipinski definition) is 1. The molecule has 0 bridgehead atoms. The molecule has 1 N–H and O–H groups in total. The maximum atomic E-state index is 5.89. The molecule has 0 aliphatic carbocycles. The Kier molecular flexibility index (Phi) is 3.25. The Hall–Kier alpha value is -2.44. The molecule has 108 valence electrons. The molecule has 3 heterocycles. The molecule has 0 spiro atoms. The second kappa shape index (κ2) is 5.40. The highest BCUT2D eigenvalue weighted by Crippen LogP contribution is 2.27. The van der Waals surface area contributed by atoms with E-state index in [1.165, 1.54) is 0 Å². The third kappa shape index (κ3) is 2.43. The smallest absolute Gasteiger partial charge is 0.276 e. The van der Waals surface area contributed by atoms with Crippen LogP contribution >= 0.6 is 22.9 Å². The van der Waals surface area contributed by atoms with E-state index >= 15 is 0 Å². The van der Waals surface area contributed by atoms with Gasteiger partial charge in [0.05, 0.1) is 10.6 Å². The Balaban J connectivity index is 1.65. The molecule has 0 aliphatic heterocycles. The van der Waals surface area contributed by atoms with Crippen LogP contribution in [0.1, 0.15) is 0 Å². The number of benzene rings is 1. The average Bonchev–Trinajstić information content (AvgIpc) is 3.27. The van der Waals surface area contributed by atoms with Gasteiger partial charge in [0.15, 0.2) is 0 Å². The summed E-state index contributed by atoms with van der Waals surface area (Å²) in [6.07, 6.45) is 0. The first kappa shape index (κ1) is 13.2. The van der Waals surface area contributed by atoms with Crippen LogP contribution in [0.5, 0.6) is 0 Å².